The Labute approximate surface area is 141 Å². The van der Waals surface area contributed by atoms with Crippen LogP contribution in [-0.4, -0.2) is 11.7 Å². The molecule has 0 radical (unpaired) electrons. The lowest BCUT2D eigenvalue weighted by molar-refractivity contribution is -0.113. The van der Waals surface area contributed by atoms with Gasteiger partial charge in [-0.2, -0.15) is 0 Å². The van der Waals surface area contributed by atoms with Crippen LogP contribution in [0.4, 0.5) is 11.4 Å². The predicted molar refractivity (Wildman–Crippen MR) is 91.7 cm³/mol. The van der Waals surface area contributed by atoms with E-state index in [0.29, 0.717) is 26.4 Å². The van der Waals surface area contributed by atoms with E-state index in [1.165, 1.54) is 11.8 Å². The number of hydrogen-bond donors (Lipinski definition) is 2. The second kappa shape index (κ2) is 7.27. The Hall–Kier alpha value is -1.07. The number of nitrogen functional groups attached to an aromatic ring is 1. The molecular formula is C14H11Cl3N2OS. The topological polar surface area (TPSA) is 55.1 Å². The minimum absolute atomic E-state index is 0.170. The first kappa shape index (κ1) is 16.3. The minimum Gasteiger partial charge on any atom is -0.399 e. The maximum atomic E-state index is 11.9. The standard InChI is InChI=1S/C14H11Cl3N2OS/c15-10-4-2-9(6-12(10)17)19-14(20)7-21-13-5-8(18)1-3-11(13)16/h1-6H,7,18H2,(H,19,20). The van der Waals surface area contributed by atoms with Crippen LogP contribution < -0.4 is 11.1 Å². The number of carbonyl (C=O) groups excluding carboxylic acids is 1. The molecule has 21 heavy (non-hydrogen) atoms. The van der Waals surface area contributed by atoms with Gasteiger partial charge in [-0.1, -0.05) is 34.8 Å². The van der Waals surface area contributed by atoms with Crippen LogP contribution >= 0.6 is 46.6 Å². The third kappa shape index (κ3) is 4.71. The Morgan fingerprint density at radius 3 is 2.48 bits per heavy atom. The Kier molecular flexibility index (Phi) is 5.65. The summed E-state index contributed by atoms with van der Waals surface area (Å²) in [4.78, 5) is 12.7. The van der Waals surface area contributed by atoms with E-state index in [0.717, 1.165) is 4.90 Å². The van der Waals surface area contributed by atoms with Crippen LogP contribution in [0.2, 0.25) is 15.1 Å². The van der Waals surface area contributed by atoms with Crippen LogP contribution in [0, 0.1) is 0 Å². The number of thioether (sulfide) groups is 1. The van der Waals surface area contributed by atoms with Crippen LogP contribution in [0.25, 0.3) is 0 Å². The zero-order valence-corrected chi connectivity index (χ0v) is 13.8. The van der Waals surface area contributed by atoms with Crippen LogP contribution in [-0.2, 0) is 4.79 Å². The van der Waals surface area contributed by atoms with Gasteiger partial charge in [0.15, 0.2) is 0 Å². The van der Waals surface area contributed by atoms with Crippen LogP contribution in [0.1, 0.15) is 0 Å². The van der Waals surface area contributed by atoms with E-state index < -0.39 is 0 Å². The highest BCUT2D eigenvalue weighted by molar-refractivity contribution is 8.00. The van der Waals surface area contributed by atoms with Gasteiger partial charge in [0, 0.05) is 16.3 Å². The molecule has 110 valence electrons. The minimum atomic E-state index is -0.170. The van der Waals surface area contributed by atoms with Gasteiger partial charge in [0.25, 0.3) is 0 Å². The molecular weight excluding hydrogens is 351 g/mol. The van der Waals surface area contributed by atoms with Crippen molar-refractivity contribution in [1.29, 1.82) is 0 Å². The molecule has 0 aliphatic carbocycles. The number of rotatable bonds is 4. The Morgan fingerprint density at radius 2 is 1.76 bits per heavy atom. The van der Waals surface area contributed by atoms with E-state index in [2.05, 4.69) is 5.32 Å². The van der Waals surface area contributed by atoms with E-state index in [9.17, 15) is 4.79 Å². The quantitative estimate of drug-likeness (QED) is 0.598. The summed E-state index contributed by atoms with van der Waals surface area (Å²) in [5, 5.41) is 4.13. The van der Waals surface area contributed by atoms with Gasteiger partial charge in [0.05, 0.1) is 20.8 Å². The molecule has 0 fully saturated rings. The second-order valence-corrected chi connectivity index (χ2v) is 6.39. The fraction of sp³-hybridized carbons (Fsp3) is 0.0714. The fourth-order valence-corrected chi connectivity index (χ4v) is 2.91. The monoisotopic (exact) mass is 360 g/mol. The average molecular weight is 362 g/mol. The van der Waals surface area contributed by atoms with Crippen molar-refractivity contribution >= 4 is 63.8 Å². The van der Waals surface area contributed by atoms with Crippen LogP contribution in [0.15, 0.2) is 41.3 Å². The van der Waals surface area contributed by atoms with Gasteiger partial charge in [-0.05, 0) is 36.4 Å². The molecule has 0 unspecified atom stereocenters. The zero-order valence-electron chi connectivity index (χ0n) is 10.7. The second-order valence-electron chi connectivity index (χ2n) is 4.16. The first-order chi connectivity index (χ1) is 9.95. The van der Waals surface area contributed by atoms with Crippen molar-refractivity contribution in [3.63, 3.8) is 0 Å². The first-order valence-corrected chi connectivity index (χ1v) is 8.00. The third-order valence-corrected chi connectivity index (χ3v) is 4.75. The number of anilines is 2. The smallest absolute Gasteiger partial charge is 0.234 e. The molecule has 3 N–H and O–H groups in total. The first-order valence-electron chi connectivity index (χ1n) is 5.88. The van der Waals surface area contributed by atoms with E-state index in [1.54, 1.807) is 36.4 Å². The van der Waals surface area contributed by atoms with Gasteiger partial charge in [-0.3, -0.25) is 4.79 Å². The third-order valence-electron chi connectivity index (χ3n) is 2.52. The normalized spacial score (nSPS) is 10.4. The molecule has 2 aromatic rings. The summed E-state index contributed by atoms with van der Waals surface area (Å²) in [5.41, 5.74) is 6.88. The zero-order chi connectivity index (χ0) is 15.4. The summed E-state index contributed by atoms with van der Waals surface area (Å²) in [7, 11) is 0. The Morgan fingerprint density at radius 1 is 1.05 bits per heavy atom. The summed E-state index contributed by atoms with van der Waals surface area (Å²) >= 11 is 19.1. The van der Waals surface area contributed by atoms with E-state index in [4.69, 9.17) is 40.5 Å². The molecule has 0 aromatic heterocycles. The maximum absolute atomic E-state index is 11.9. The molecule has 0 aliphatic rings. The number of nitrogens with one attached hydrogen (secondary N) is 1. The summed E-state index contributed by atoms with van der Waals surface area (Å²) in [5.74, 6) is 0.0422. The van der Waals surface area contributed by atoms with Crippen molar-refractivity contribution in [2.45, 2.75) is 4.90 Å². The van der Waals surface area contributed by atoms with E-state index in [-0.39, 0.29) is 11.7 Å². The van der Waals surface area contributed by atoms with Crippen molar-refractivity contribution < 1.29 is 4.79 Å². The van der Waals surface area contributed by atoms with Crippen molar-refractivity contribution in [2.75, 3.05) is 16.8 Å². The van der Waals surface area contributed by atoms with Gasteiger partial charge in [-0.25, -0.2) is 0 Å². The molecule has 2 aromatic carbocycles. The van der Waals surface area contributed by atoms with E-state index in [1.807, 2.05) is 0 Å². The highest BCUT2D eigenvalue weighted by atomic mass is 35.5. The van der Waals surface area contributed by atoms with Crippen molar-refractivity contribution in [1.82, 2.24) is 0 Å². The van der Waals surface area contributed by atoms with Crippen LogP contribution in [0.5, 0.6) is 0 Å². The molecule has 2 rings (SSSR count). The lowest BCUT2D eigenvalue weighted by atomic mass is 10.3. The van der Waals surface area contributed by atoms with Gasteiger partial charge >= 0.3 is 0 Å². The van der Waals surface area contributed by atoms with Crippen molar-refractivity contribution in [3.05, 3.63) is 51.5 Å². The Balaban J connectivity index is 1.95. The molecule has 0 atom stereocenters. The number of carbonyl (C=O) groups is 1. The number of amides is 1. The highest BCUT2D eigenvalue weighted by Gasteiger charge is 2.08. The lowest BCUT2D eigenvalue weighted by Gasteiger charge is -2.07. The predicted octanol–water partition coefficient (Wildman–Crippen LogP) is 4.96. The number of hydrogen-bond acceptors (Lipinski definition) is 3. The maximum Gasteiger partial charge on any atom is 0.234 e. The summed E-state index contributed by atoms with van der Waals surface area (Å²) in [6.07, 6.45) is 0. The molecule has 0 aliphatic heterocycles. The highest BCUT2D eigenvalue weighted by Crippen LogP contribution is 2.29. The summed E-state index contributed by atoms with van der Waals surface area (Å²) in [6, 6.07) is 10.1. The fourth-order valence-electron chi connectivity index (χ4n) is 1.54. The largest absolute Gasteiger partial charge is 0.399 e. The molecule has 0 saturated carbocycles. The van der Waals surface area contributed by atoms with Gasteiger partial charge < -0.3 is 11.1 Å². The molecule has 0 heterocycles. The average Bonchev–Trinajstić information content (AvgIpc) is 2.44. The number of benzene rings is 2. The van der Waals surface area contributed by atoms with E-state index >= 15 is 0 Å². The number of nitrogens with two attached hydrogens (primary N) is 1. The van der Waals surface area contributed by atoms with Crippen molar-refractivity contribution in [3.8, 4) is 0 Å². The summed E-state index contributed by atoms with van der Waals surface area (Å²) in [6.45, 7) is 0. The molecule has 0 spiro atoms. The molecule has 7 heteroatoms. The number of halogens is 3. The molecule has 1 amide bonds. The van der Waals surface area contributed by atoms with Crippen LogP contribution in [0.3, 0.4) is 0 Å². The lowest BCUT2D eigenvalue weighted by Crippen LogP contribution is -2.13. The molecule has 0 bridgehead atoms. The van der Waals surface area contributed by atoms with Gasteiger partial charge in [0.2, 0.25) is 5.91 Å². The summed E-state index contributed by atoms with van der Waals surface area (Å²) < 4.78 is 0. The van der Waals surface area contributed by atoms with Gasteiger partial charge in [0.1, 0.15) is 0 Å². The Bertz CT molecular complexity index is 679. The SMILES string of the molecule is Nc1ccc(Cl)c(SCC(=O)Nc2ccc(Cl)c(Cl)c2)c1. The van der Waals surface area contributed by atoms with Gasteiger partial charge in [-0.15, -0.1) is 11.8 Å². The molecule has 0 saturated heterocycles. The molecule has 3 nitrogen and oxygen atoms in total. The van der Waals surface area contributed by atoms with Crippen molar-refractivity contribution in [2.24, 2.45) is 0 Å².